The monoisotopic (exact) mass is 408 g/mol. The highest BCUT2D eigenvalue weighted by atomic mass is 32.1. The number of carbonyl (C=O) groups excluding carboxylic acids is 3. The fraction of sp³-hybridized carbons (Fsp3) is 0.150. The van der Waals surface area contributed by atoms with Crippen LogP contribution in [0.25, 0.3) is 0 Å². The second-order valence-corrected chi connectivity index (χ2v) is 7.22. The molecule has 8 nitrogen and oxygen atoms in total. The Morgan fingerprint density at radius 1 is 1.07 bits per heavy atom. The van der Waals surface area contributed by atoms with Crippen LogP contribution in [0.5, 0.6) is 5.75 Å². The van der Waals surface area contributed by atoms with Gasteiger partial charge in [0.15, 0.2) is 0 Å². The lowest BCUT2D eigenvalue weighted by Gasteiger charge is -2.10. The van der Waals surface area contributed by atoms with Crippen LogP contribution in [0.1, 0.15) is 43.0 Å². The summed E-state index contributed by atoms with van der Waals surface area (Å²) >= 11 is 1.11. The second kappa shape index (κ2) is 7.80. The zero-order chi connectivity index (χ0) is 20.4. The van der Waals surface area contributed by atoms with E-state index in [1.807, 2.05) is 6.92 Å². The van der Waals surface area contributed by atoms with Gasteiger partial charge in [-0.2, -0.15) is 0 Å². The van der Waals surface area contributed by atoms with Gasteiger partial charge in [-0.05, 0) is 37.3 Å². The molecule has 0 unspecified atom stereocenters. The lowest BCUT2D eigenvalue weighted by Crippen LogP contribution is -2.29. The molecule has 29 heavy (non-hydrogen) atoms. The quantitative estimate of drug-likeness (QED) is 0.629. The zero-order valence-electron chi connectivity index (χ0n) is 15.4. The molecular formula is C20H16N4O4S. The van der Waals surface area contributed by atoms with Gasteiger partial charge in [0.05, 0.1) is 24.3 Å². The number of benzene rings is 2. The summed E-state index contributed by atoms with van der Waals surface area (Å²) in [7, 11) is 0. The maximum absolute atomic E-state index is 12.4. The largest absolute Gasteiger partial charge is 0.494 e. The topological polar surface area (TPSA) is 101 Å². The van der Waals surface area contributed by atoms with Gasteiger partial charge in [-0.3, -0.25) is 24.6 Å². The molecule has 1 aromatic heterocycles. The molecule has 0 saturated carbocycles. The fourth-order valence-electron chi connectivity index (χ4n) is 2.95. The standard InChI is InChI=1S/C20H16N4O4S/c1-2-28-13-7-5-6-12(10-13)17(25)21-20-23-22-16(29-20)11-24-18(26)14-8-3-4-9-15(14)19(24)27/h3-10H,2,11H2,1H3,(H,21,23,25). The number of aromatic nitrogens is 2. The summed E-state index contributed by atoms with van der Waals surface area (Å²) in [6.45, 7) is 2.37. The molecule has 3 aromatic rings. The number of hydrogen-bond acceptors (Lipinski definition) is 7. The van der Waals surface area contributed by atoms with Crippen molar-refractivity contribution in [3.63, 3.8) is 0 Å². The molecule has 1 N–H and O–H groups in total. The number of carbonyl (C=O) groups is 3. The van der Waals surface area contributed by atoms with Crippen LogP contribution in [0.3, 0.4) is 0 Å². The van der Waals surface area contributed by atoms with Crippen molar-refractivity contribution in [3.8, 4) is 5.75 Å². The number of anilines is 1. The van der Waals surface area contributed by atoms with Gasteiger partial charge in [-0.25, -0.2) is 0 Å². The molecule has 0 atom stereocenters. The number of fused-ring (bicyclic) bond motifs is 1. The Bertz CT molecular complexity index is 1080. The summed E-state index contributed by atoms with van der Waals surface area (Å²) in [5.74, 6) is -0.475. The van der Waals surface area contributed by atoms with Crippen molar-refractivity contribution in [2.24, 2.45) is 0 Å². The Morgan fingerprint density at radius 2 is 1.79 bits per heavy atom. The van der Waals surface area contributed by atoms with E-state index in [0.717, 1.165) is 16.2 Å². The summed E-state index contributed by atoms with van der Waals surface area (Å²) in [4.78, 5) is 38.5. The van der Waals surface area contributed by atoms with E-state index in [1.165, 1.54) is 0 Å². The third-order valence-corrected chi connectivity index (χ3v) is 5.09. The average Bonchev–Trinajstić information content (AvgIpc) is 3.27. The number of rotatable bonds is 6. The van der Waals surface area contributed by atoms with Crippen molar-refractivity contribution in [3.05, 3.63) is 70.2 Å². The molecule has 2 aromatic carbocycles. The molecule has 0 spiro atoms. The molecule has 9 heteroatoms. The maximum atomic E-state index is 12.4. The van der Waals surface area contributed by atoms with Crippen molar-refractivity contribution in [2.45, 2.75) is 13.5 Å². The van der Waals surface area contributed by atoms with E-state index >= 15 is 0 Å². The van der Waals surface area contributed by atoms with Crippen LogP contribution < -0.4 is 10.1 Å². The highest BCUT2D eigenvalue weighted by Crippen LogP contribution is 2.26. The summed E-state index contributed by atoms with van der Waals surface area (Å²) < 4.78 is 5.40. The molecular weight excluding hydrogens is 392 g/mol. The van der Waals surface area contributed by atoms with Crippen LogP contribution in [0.15, 0.2) is 48.5 Å². The highest BCUT2D eigenvalue weighted by Gasteiger charge is 2.35. The first-order valence-corrected chi connectivity index (χ1v) is 9.70. The average molecular weight is 408 g/mol. The maximum Gasteiger partial charge on any atom is 0.261 e. The first-order chi connectivity index (χ1) is 14.1. The van der Waals surface area contributed by atoms with Gasteiger partial charge in [0.1, 0.15) is 10.8 Å². The molecule has 0 fully saturated rings. The minimum absolute atomic E-state index is 0.000289. The molecule has 1 aliphatic rings. The van der Waals surface area contributed by atoms with Crippen molar-refractivity contribution in [1.29, 1.82) is 0 Å². The summed E-state index contributed by atoms with van der Waals surface area (Å²) in [5, 5.41) is 11.3. The van der Waals surface area contributed by atoms with Crippen molar-refractivity contribution >= 4 is 34.2 Å². The SMILES string of the molecule is CCOc1cccc(C(=O)Nc2nnc(CN3C(=O)c4ccccc4C3=O)s2)c1. The van der Waals surface area contributed by atoms with Gasteiger partial charge in [-0.1, -0.05) is 29.5 Å². The van der Waals surface area contributed by atoms with Gasteiger partial charge < -0.3 is 4.74 Å². The highest BCUT2D eigenvalue weighted by molar-refractivity contribution is 7.15. The number of amides is 3. The van der Waals surface area contributed by atoms with Crippen LogP contribution >= 0.6 is 11.3 Å². The van der Waals surface area contributed by atoms with E-state index in [2.05, 4.69) is 15.5 Å². The van der Waals surface area contributed by atoms with E-state index in [0.29, 0.717) is 34.1 Å². The lowest BCUT2D eigenvalue weighted by molar-refractivity contribution is 0.0641. The van der Waals surface area contributed by atoms with E-state index < -0.39 is 0 Å². The van der Waals surface area contributed by atoms with Crippen LogP contribution in [-0.4, -0.2) is 39.4 Å². The van der Waals surface area contributed by atoms with Crippen LogP contribution in [-0.2, 0) is 6.54 Å². The number of ether oxygens (including phenoxy) is 1. The summed E-state index contributed by atoms with van der Waals surface area (Å²) in [5.41, 5.74) is 1.18. The molecule has 0 radical (unpaired) electrons. The third-order valence-electron chi connectivity index (χ3n) is 4.27. The molecule has 1 aliphatic heterocycles. The Hall–Kier alpha value is -3.59. The number of nitrogens with one attached hydrogen (secondary N) is 1. The molecule has 0 bridgehead atoms. The van der Waals surface area contributed by atoms with E-state index in [9.17, 15) is 14.4 Å². The minimum Gasteiger partial charge on any atom is -0.494 e. The Kier molecular flexibility index (Phi) is 5.05. The van der Waals surface area contributed by atoms with Gasteiger partial charge in [0.2, 0.25) is 5.13 Å². The van der Waals surface area contributed by atoms with Crippen molar-refractivity contribution in [2.75, 3.05) is 11.9 Å². The Labute approximate surface area is 170 Å². The first kappa shape index (κ1) is 18.8. The van der Waals surface area contributed by atoms with Gasteiger partial charge >= 0.3 is 0 Å². The fourth-order valence-corrected chi connectivity index (χ4v) is 3.67. The zero-order valence-corrected chi connectivity index (χ0v) is 16.2. The molecule has 146 valence electrons. The number of nitrogens with zero attached hydrogens (tertiary/aromatic N) is 3. The second-order valence-electron chi connectivity index (χ2n) is 6.16. The van der Waals surface area contributed by atoms with Gasteiger partial charge in [0.25, 0.3) is 17.7 Å². The molecule has 3 amide bonds. The first-order valence-electron chi connectivity index (χ1n) is 8.88. The van der Waals surface area contributed by atoms with Crippen molar-refractivity contribution in [1.82, 2.24) is 15.1 Å². The Morgan fingerprint density at radius 3 is 2.48 bits per heavy atom. The predicted molar refractivity (Wildman–Crippen MR) is 106 cm³/mol. The summed E-state index contributed by atoms with van der Waals surface area (Å²) in [6, 6.07) is 13.5. The number of hydrogen-bond donors (Lipinski definition) is 1. The molecule has 4 rings (SSSR count). The third kappa shape index (κ3) is 3.72. The van der Waals surface area contributed by atoms with Gasteiger partial charge in [0, 0.05) is 5.56 Å². The van der Waals surface area contributed by atoms with Crippen LogP contribution in [0.2, 0.25) is 0 Å². The lowest BCUT2D eigenvalue weighted by atomic mass is 10.1. The Balaban J connectivity index is 1.44. The van der Waals surface area contributed by atoms with E-state index in [1.54, 1.807) is 48.5 Å². The van der Waals surface area contributed by atoms with E-state index in [4.69, 9.17) is 4.74 Å². The molecule has 2 heterocycles. The van der Waals surface area contributed by atoms with Gasteiger partial charge in [-0.15, -0.1) is 10.2 Å². The molecule has 0 aliphatic carbocycles. The minimum atomic E-state index is -0.362. The number of imide groups is 1. The smallest absolute Gasteiger partial charge is 0.261 e. The predicted octanol–water partition coefficient (Wildman–Crippen LogP) is 2.99. The van der Waals surface area contributed by atoms with Crippen LogP contribution in [0, 0.1) is 0 Å². The molecule has 0 saturated heterocycles. The van der Waals surface area contributed by atoms with Crippen LogP contribution in [0.4, 0.5) is 5.13 Å². The summed E-state index contributed by atoms with van der Waals surface area (Å²) in [6.07, 6.45) is 0. The van der Waals surface area contributed by atoms with E-state index in [-0.39, 0.29) is 29.4 Å². The van der Waals surface area contributed by atoms with Crippen molar-refractivity contribution < 1.29 is 19.1 Å². The normalized spacial score (nSPS) is 12.8.